The quantitative estimate of drug-likeness (QED) is 0.771. The first kappa shape index (κ1) is 15.5. The number of piperazine rings is 1. The van der Waals surface area contributed by atoms with E-state index in [1.165, 1.54) is 0 Å². The summed E-state index contributed by atoms with van der Waals surface area (Å²) in [6, 6.07) is 8.88. The van der Waals surface area contributed by atoms with E-state index in [1.807, 2.05) is 35.2 Å². The van der Waals surface area contributed by atoms with Crippen LogP contribution in [0.15, 0.2) is 30.3 Å². The molecule has 1 aromatic rings. The number of carbonyl (C=O) groups is 2. The number of rotatable bonds is 5. The molecule has 0 radical (unpaired) electrons. The maximum Gasteiger partial charge on any atom is 0.324 e. The van der Waals surface area contributed by atoms with Gasteiger partial charge in [0.15, 0.2) is 0 Å². The van der Waals surface area contributed by atoms with Gasteiger partial charge in [-0.3, -0.25) is 14.5 Å². The summed E-state index contributed by atoms with van der Waals surface area (Å²) in [4.78, 5) is 25.8. The highest BCUT2D eigenvalue weighted by molar-refractivity contribution is 5.92. The summed E-state index contributed by atoms with van der Waals surface area (Å²) < 4.78 is 5.06. The Bertz CT molecular complexity index is 478. The number of benzene rings is 1. The van der Waals surface area contributed by atoms with Crippen LogP contribution in [0.5, 0.6) is 0 Å². The molecular formula is C15H21N3O3. The maximum absolute atomic E-state index is 12.1. The second-order valence-corrected chi connectivity index (χ2v) is 4.86. The molecule has 2 N–H and O–H groups in total. The predicted octanol–water partition coefficient (Wildman–Crippen LogP) is 0.462. The van der Waals surface area contributed by atoms with Gasteiger partial charge in [-0.25, -0.2) is 0 Å². The summed E-state index contributed by atoms with van der Waals surface area (Å²) >= 11 is 0. The zero-order valence-corrected chi connectivity index (χ0v) is 12.2. The zero-order valence-electron chi connectivity index (χ0n) is 12.2. The van der Waals surface area contributed by atoms with E-state index in [9.17, 15) is 9.59 Å². The van der Waals surface area contributed by atoms with Crippen molar-refractivity contribution < 1.29 is 14.3 Å². The molecule has 1 atom stereocenters. The van der Waals surface area contributed by atoms with Gasteiger partial charge in [-0.15, -0.1) is 0 Å². The Kier molecular flexibility index (Phi) is 5.71. The van der Waals surface area contributed by atoms with Crippen LogP contribution in [-0.2, 0) is 14.3 Å². The lowest BCUT2D eigenvalue weighted by Gasteiger charge is -2.33. The summed E-state index contributed by atoms with van der Waals surface area (Å²) in [5.41, 5.74) is 0.755. The van der Waals surface area contributed by atoms with Crippen LogP contribution in [0.4, 0.5) is 5.69 Å². The number of ether oxygens (including phenoxy) is 1. The summed E-state index contributed by atoms with van der Waals surface area (Å²) in [6.45, 7) is 4.22. The lowest BCUT2D eigenvalue weighted by Crippen LogP contribution is -2.57. The van der Waals surface area contributed by atoms with E-state index in [0.29, 0.717) is 19.7 Å². The Morgan fingerprint density at radius 2 is 2.14 bits per heavy atom. The molecule has 1 aliphatic heterocycles. The highest BCUT2D eigenvalue weighted by Crippen LogP contribution is 2.08. The van der Waals surface area contributed by atoms with Crippen molar-refractivity contribution in [2.45, 2.75) is 13.0 Å². The van der Waals surface area contributed by atoms with Crippen molar-refractivity contribution in [3.05, 3.63) is 30.3 Å². The molecule has 6 nitrogen and oxygen atoms in total. The molecular weight excluding hydrogens is 270 g/mol. The largest absolute Gasteiger partial charge is 0.465 e. The van der Waals surface area contributed by atoms with E-state index in [-0.39, 0.29) is 18.4 Å². The van der Waals surface area contributed by atoms with Crippen LogP contribution in [0.25, 0.3) is 0 Å². The number of nitrogens with one attached hydrogen (secondary N) is 2. The van der Waals surface area contributed by atoms with Crippen LogP contribution in [0.1, 0.15) is 6.92 Å². The average Bonchev–Trinajstić information content (AvgIpc) is 2.49. The van der Waals surface area contributed by atoms with Gasteiger partial charge >= 0.3 is 5.97 Å². The van der Waals surface area contributed by atoms with Gasteiger partial charge < -0.3 is 15.4 Å². The molecule has 1 amide bonds. The molecule has 1 aliphatic rings. The van der Waals surface area contributed by atoms with Gasteiger partial charge in [0.05, 0.1) is 13.2 Å². The van der Waals surface area contributed by atoms with Gasteiger partial charge in [-0.2, -0.15) is 0 Å². The Morgan fingerprint density at radius 1 is 1.38 bits per heavy atom. The lowest BCUT2D eigenvalue weighted by atomic mass is 10.2. The SMILES string of the molecule is CCOC(=O)C1CNCCN1CC(=O)Nc1ccccc1. The van der Waals surface area contributed by atoms with E-state index in [1.54, 1.807) is 6.92 Å². The summed E-state index contributed by atoms with van der Waals surface area (Å²) in [5.74, 6) is -0.408. The zero-order chi connectivity index (χ0) is 15.1. The number of nitrogens with zero attached hydrogens (tertiary/aromatic N) is 1. The third-order valence-corrected chi connectivity index (χ3v) is 3.32. The van der Waals surface area contributed by atoms with Crippen LogP contribution >= 0.6 is 0 Å². The summed E-state index contributed by atoms with van der Waals surface area (Å²) in [5, 5.41) is 5.98. The Hall–Kier alpha value is -1.92. The van der Waals surface area contributed by atoms with E-state index in [2.05, 4.69) is 10.6 Å². The molecule has 0 aliphatic carbocycles. The van der Waals surface area contributed by atoms with Crippen LogP contribution in [0, 0.1) is 0 Å². The molecule has 0 aromatic heterocycles. The van der Waals surface area contributed by atoms with Crippen molar-refractivity contribution in [1.82, 2.24) is 10.2 Å². The number of esters is 1. The van der Waals surface area contributed by atoms with E-state index in [4.69, 9.17) is 4.74 Å². The highest BCUT2D eigenvalue weighted by atomic mass is 16.5. The lowest BCUT2D eigenvalue weighted by molar-refractivity contribution is -0.150. The minimum absolute atomic E-state index is 0.127. The van der Waals surface area contributed by atoms with Gasteiger partial charge in [-0.1, -0.05) is 18.2 Å². The molecule has 0 spiro atoms. The highest BCUT2D eigenvalue weighted by Gasteiger charge is 2.30. The topological polar surface area (TPSA) is 70.7 Å². The van der Waals surface area contributed by atoms with Crippen LogP contribution in [0.2, 0.25) is 0 Å². The molecule has 114 valence electrons. The molecule has 0 saturated carbocycles. The van der Waals surface area contributed by atoms with Gasteiger partial charge in [0, 0.05) is 25.3 Å². The van der Waals surface area contributed by atoms with Crippen molar-refractivity contribution in [2.24, 2.45) is 0 Å². The van der Waals surface area contributed by atoms with E-state index in [0.717, 1.165) is 12.2 Å². The molecule has 1 fully saturated rings. The van der Waals surface area contributed by atoms with E-state index >= 15 is 0 Å². The number of carbonyl (C=O) groups excluding carboxylic acids is 2. The predicted molar refractivity (Wildman–Crippen MR) is 79.9 cm³/mol. The summed E-state index contributed by atoms with van der Waals surface area (Å²) in [7, 11) is 0. The molecule has 1 heterocycles. The Morgan fingerprint density at radius 3 is 2.86 bits per heavy atom. The van der Waals surface area contributed by atoms with Crippen LogP contribution in [0.3, 0.4) is 0 Å². The van der Waals surface area contributed by atoms with Crippen molar-refractivity contribution in [3.63, 3.8) is 0 Å². The van der Waals surface area contributed by atoms with Crippen molar-refractivity contribution in [1.29, 1.82) is 0 Å². The Labute approximate surface area is 124 Å². The first-order valence-electron chi connectivity index (χ1n) is 7.17. The fourth-order valence-corrected chi connectivity index (χ4v) is 2.31. The third kappa shape index (κ3) is 4.54. The standard InChI is InChI=1S/C15H21N3O3/c1-2-21-15(20)13-10-16-8-9-18(13)11-14(19)17-12-6-4-3-5-7-12/h3-7,13,16H,2,8-11H2,1H3,(H,17,19). The smallest absolute Gasteiger partial charge is 0.324 e. The van der Waals surface area contributed by atoms with E-state index < -0.39 is 6.04 Å². The molecule has 1 saturated heterocycles. The molecule has 0 bridgehead atoms. The number of para-hydroxylation sites is 1. The summed E-state index contributed by atoms with van der Waals surface area (Å²) in [6.07, 6.45) is 0. The molecule has 2 rings (SSSR count). The number of hydrogen-bond acceptors (Lipinski definition) is 5. The minimum atomic E-state index is -0.403. The van der Waals surface area contributed by atoms with Crippen molar-refractivity contribution >= 4 is 17.6 Å². The number of amides is 1. The van der Waals surface area contributed by atoms with Crippen molar-refractivity contribution in [3.8, 4) is 0 Å². The number of anilines is 1. The van der Waals surface area contributed by atoms with Gasteiger partial charge in [0.25, 0.3) is 0 Å². The second kappa shape index (κ2) is 7.75. The minimum Gasteiger partial charge on any atom is -0.465 e. The average molecular weight is 291 g/mol. The van der Waals surface area contributed by atoms with Crippen LogP contribution < -0.4 is 10.6 Å². The second-order valence-electron chi connectivity index (χ2n) is 4.86. The maximum atomic E-state index is 12.1. The number of hydrogen-bond donors (Lipinski definition) is 2. The first-order valence-corrected chi connectivity index (χ1v) is 7.17. The van der Waals surface area contributed by atoms with Crippen molar-refractivity contribution in [2.75, 3.05) is 38.1 Å². The molecule has 6 heteroatoms. The first-order chi connectivity index (χ1) is 10.2. The monoisotopic (exact) mass is 291 g/mol. The van der Waals surface area contributed by atoms with Gasteiger partial charge in [-0.05, 0) is 19.1 Å². The van der Waals surface area contributed by atoms with Gasteiger partial charge in [0.1, 0.15) is 6.04 Å². The molecule has 1 unspecified atom stereocenters. The normalized spacial score (nSPS) is 19.0. The fraction of sp³-hybridized carbons (Fsp3) is 0.467. The molecule has 1 aromatic carbocycles. The molecule has 21 heavy (non-hydrogen) atoms. The third-order valence-electron chi connectivity index (χ3n) is 3.32. The van der Waals surface area contributed by atoms with Gasteiger partial charge in [0.2, 0.25) is 5.91 Å². The Balaban J connectivity index is 1.92. The fourth-order valence-electron chi connectivity index (χ4n) is 2.31. The van der Waals surface area contributed by atoms with Crippen LogP contribution in [-0.4, -0.2) is 55.6 Å².